The summed E-state index contributed by atoms with van der Waals surface area (Å²) in [5.41, 5.74) is 8.15. The first-order valence-corrected chi connectivity index (χ1v) is 6.99. The highest BCUT2D eigenvalue weighted by Gasteiger charge is 2.17. The second-order valence-electron chi connectivity index (χ2n) is 4.88. The Bertz CT molecular complexity index is 840. The van der Waals surface area contributed by atoms with Gasteiger partial charge in [0.05, 0.1) is 32.5 Å². The lowest BCUT2D eigenvalue weighted by Crippen LogP contribution is -1.98. The fourth-order valence-corrected chi connectivity index (χ4v) is 2.52. The number of aromatic nitrogens is 2. The maximum atomic E-state index is 5.93. The Hall–Kier alpha value is -3.02. The highest BCUT2D eigenvalue weighted by Crippen LogP contribution is 2.41. The Morgan fingerprint density at radius 2 is 1.65 bits per heavy atom. The van der Waals surface area contributed by atoms with E-state index in [4.69, 9.17) is 19.9 Å². The molecule has 6 heteroatoms. The SMILES string of the molecule is COc1cc(-c2nc(N)cc3cccnc23)cc(OC)c1OC. The maximum absolute atomic E-state index is 5.93. The molecule has 0 atom stereocenters. The number of hydrogen-bond acceptors (Lipinski definition) is 6. The van der Waals surface area contributed by atoms with Crippen molar-refractivity contribution in [3.05, 3.63) is 36.5 Å². The molecule has 0 fully saturated rings. The summed E-state index contributed by atoms with van der Waals surface area (Å²) in [4.78, 5) is 8.86. The number of rotatable bonds is 4. The Kier molecular flexibility index (Phi) is 3.89. The molecular weight excluding hydrogens is 294 g/mol. The summed E-state index contributed by atoms with van der Waals surface area (Å²) in [7, 11) is 4.71. The molecule has 0 aliphatic heterocycles. The van der Waals surface area contributed by atoms with Gasteiger partial charge in [-0.3, -0.25) is 4.98 Å². The quantitative estimate of drug-likeness (QED) is 0.798. The zero-order valence-corrected chi connectivity index (χ0v) is 13.2. The number of methoxy groups -OCH3 is 3. The first-order valence-electron chi connectivity index (χ1n) is 6.99. The minimum Gasteiger partial charge on any atom is -0.493 e. The maximum Gasteiger partial charge on any atom is 0.203 e. The average Bonchev–Trinajstić information content (AvgIpc) is 2.59. The van der Waals surface area contributed by atoms with Crippen LogP contribution in [0.15, 0.2) is 36.5 Å². The third-order valence-electron chi connectivity index (χ3n) is 3.55. The molecule has 3 aromatic rings. The second kappa shape index (κ2) is 6.00. The van der Waals surface area contributed by atoms with Gasteiger partial charge in [-0.15, -0.1) is 0 Å². The van der Waals surface area contributed by atoms with Gasteiger partial charge in [0.15, 0.2) is 11.5 Å². The van der Waals surface area contributed by atoms with Crippen LogP contribution in [0.3, 0.4) is 0 Å². The van der Waals surface area contributed by atoms with E-state index in [9.17, 15) is 0 Å². The van der Waals surface area contributed by atoms with Gasteiger partial charge in [0.25, 0.3) is 0 Å². The van der Waals surface area contributed by atoms with Crippen molar-refractivity contribution >= 4 is 16.7 Å². The Morgan fingerprint density at radius 3 is 2.26 bits per heavy atom. The Labute approximate surface area is 133 Å². The average molecular weight is 311 g/mol. The van der Waals surface area contributed by atoms with E-state index in [2.05, 4.69) is 9.97 Å². The normalized spacial score (nSPS) is 10.6. The molecule has 118 valence electrons. The molecule has 2 aromatic heterocycles. The van der Waals surface area contributed by atoms with Crippen LogP contribution >= 0.6 is 0 Å². The molecule has 0 saturated heterocycles. The fraction of sp³-hybridized carbons (Fsp3) is 0.176. The minimum atomic E-state index is 0.425. The summed E-state index contributed by atoms with van der Waals surface area (Å²) >= 11 is 0. The van der Waals surface area contributed by atoms with E-state index in [-0.39, 0.29) is 0 Å². The van der Waals surface area contributed by atoms with Gasteiger partial charge in [0, 0.05) is 17.1 Å². The number of ether oxygens (including phenoxy) is 3. The van der Waals surface area contributed by atoms with Gasteiger partial charge in [-0.2, -0.15) is 0 Å². The van der Waals surface area contributed by atoms with E-state index in [0.717, 1.165) is 16.5 Å². The molecule has 0 radical (unpaired) electrons. The lowest BCUT2D eigenvalue weighted by molar-refractivity contribution is 0.324. The van der Waals surface area contributed by atoms with Gasteiger partial charge in [0.1, 0.15) is 5.82 Å². The van der Waals surface area contributed by atoms with Crippen molar-refractivity contribution in [3.63, 3.8) is 0 Å². The summed E-state index contributed by atoms with van der Waals surface area (Å²) in [5.74, 6) is 2.06. The number of nitrogens with zero attached hydrogens (tertiary/aromatic N) is 2. The summed E-state index contributed by atoms with van der Waals surface area (Å²) in [6.07, 6.45) is 1.72. The van der Waals surface area contributed by atoms with Crippen LogP contribution in [0.4, 0.5) is 5.82 Å². The molecule has 0 saturated carbocycles. The highest BCUT2D eigenvalue weighted by molar-refractivity contribution is 5.93. The van der Waals surface area contributed by atoms with Gasteiger partial charge in [-0.05, 0) is 24.3 Å². The molecule has 0 amide bonds. The van der Waals surface area contributed by atoms with Crippen LogP contribution in [0.5, 0.6) is 17.2 Å². The van der Waals surface area contributed by atoms with Crippen molar-refractivity contribution in [2.24, 2.45) is 0 Å². The number of pyridine rings is 2. The standard InChI is InChI=1S/C17H17N3O3/c1-21-12-7-11(8-13(22-2)17(12)23-3)16-15-10(5-4-6-19-15)9-14(18)20-16/h4-9H,1-3H3,(H2,18,20). The summed E-state index contributed by atoms with van der Waals surface area (Å²) in [6.45, 7) is 0. The van der Waals surface area contributed by atoms with Crippen molar-refractivity contribution in [1.29, 1.82) is 0 Å². The number of benzene rings is 1. The van der Waals surface area contributed by atoms with Gasteiger partial charge in [0.2, 0.25) is 5.75 Å². The minimum absolute atomic E-state index is 0.425. The number of anilines is 1. The van der Waals surface area contributed by atoms with E-state index in [1.54, 1.807) is 33.6 Å². The predicted octanol–water partition coefficient (Wildman–Crippen LogP) is 2.90. The summed E-state index contributed by atoms with van der Waals surface area (Å²) in [6, 6.07) is 9.26. The van der Waals surface area contributed by atoms with Gasteiger partial charge >= 0.3 is 0 Å². The molecule has 23 heavy (non-hydrogen) atoms. The molecule has 0 aliphatic carbocycles. The number of hydrogen-bond donors (Lipinski definition) is 1. The second-order valence-corrected chi connectivity index (χ2v) is 4.88. The lowest BCUT2D eigenvalue weighted by atomic mass is 10.1. The molecule has 0 spiro atoms. The molecule has 2 N–H and O–H groups in total. The molecular formula is C17H17N3O3. The fourth-order valence-electron chi connectivity index (χ4n) is 2.52. The third-order valence-corrected chi connectivity index (χ3v) is 3.55. The molecule has 0 aliphatic rings. The van der Waals surface area contributed by atoms with Crippen molar-refractivity contribution < 1.29 is 14.2 Å². The lowest BCUT2D eigenvalue weighted by Gasteiger charge is -2.14. The first-order chi connectivity index (χ1) is 11.2. The van der Waals surface area contributed by atoms with Crippen LogP contribution in [-0.4, -0.2) is 31.3 Å². The zero-order chi connectivity index (χ0) is 16.4. The highest BCUT2D eigenvalue weighted by atomic mass is 16.5. The van der Waals surface area contributed by atoms with Crippen molar-refractivity contribution in [2.45, 2.75) is 0 Å². The molecule has 2 heterocycles. The van der Waals surface area contributed by atoms with Gasteiger partial charge in [-0.1, -0.05) is 6.07 Å². The van der Waals surface area contributed by atoms with Crippen molar-refractivity contribution in [3.8, 4) is 28.5 Å². The van der Waals surface area contributed by atoms with Gasteiger partial charge in [-0.25, -0.2) is 4.98 Å². The summed E-state index contributed by atoms with van der Waals surface area (Å²) in [5, 5.41) is 0.920. The molecule has 6 nitrogen and oxygen atoms in total. The monoisotopic (exact) mass is 311 g/mol. The van der Waals surface area contributed by atoms with E-state index in [1.165, 1.54) is 0 Å². The summed E-state index contributed by atoms with van der Waals surface area (Å²) < 4.78 is 16.1. The van der Waals surface area contributed by atoms with Crippen LogP contribution in [0.25, 0.3) is 22.2 Å². The van der Waals surface area contributed by atoms with Crippen LogP contribution in [-0.2, 0) is 0 Å². The van der Waals surface area contributed by atoms with Crippen molar-refractivity contribution in [1.82, 2.24) is 9.97 Å². The molecule has 1 aromatic carbocycles. The van der Waals surface area contributed by atoms with E-state index in [0.29, 0.717) is 28.8 Å². The molecule has 0 bridgehead atoms. The van der Waals surface area contributed by atoms with Crippen LogP contribution in [0.1, 0.15) is 0 Å². The van der Waals surface area contributed by atoms with Crippen molar-refractivity contribution in [2.75, 3.05) is 27.1 Å². The van der Waals surface area contributed by atoms with Gasteiger partial charge < -0.3 is 19.9 Å². The van der Waals surface area contributed by atoms with E-state index < -0.39 is 0 Å². The smallest absolute Gasteiger partial charge is 0.203 e. The zero-order valence-electron chi connectivity index (χ0n) is 13.2. The number of nitrogens with two attached hydrogens (primary N) is 1. The first kappa shape index (κ1) is 14.9. The molecule has 0 unspecified atom stereocenters. The topological polar surface area (TPSA) is 79.5 Å². The van der Waals surface area contributed by atoms with Crippen LogP contribution < -0.4 is 19.9 Å². The van der Waals surface area contributed by atoms with Crippen LogP contribution in [0, 0.1) is 0 Å². The largest absolute Gasteiger partial charge is 0.493 e. The Balaban J connectivity index is 2.31. The number of fused-ring (bicyclic) bond motifs is 1. The molecule has 3 rings (SSSR count). The van der Waals surface area contributed by atoms with Crippen LogP contribution in [0.2, 0.25) is 0 Å². The van der Waals surface area contributed by atoms with E-state index in [1.807, 2.05) is 24.3 Å². The van der Waals surface area contributed by atoms with E-state index >= 15 is 0 Å². The predicted molar refractivity (Wildman–Crippen MR) is 89.0 cm³/mol. The third kappa shape index (κ3) is 2.59. The Morgan fingerprint density at radius 1 is 0.957 bits per heavy atom. The number of nitrogen functional groups attached to an aromatic ring is 1.